The van der Waals surface area contributed by atoms with E-state index in [1.54, 1.807) is 0 Å². The van der Waals surface area contributed by atoms with E-state index in [0.717, 1.165) is 16.6 Å². The molecule has 0 saturated carbocycles. The number of aromatic nitrogens is 3. The van der Waals surface area contributed by atoms with E-state index in [1.165, 1.54) is 0 Å². The first-order valence-electron chi connectivity index (χ1n) is 6.11. The number of rotatable bonds is 5. The molecule has 0 aliphatic heterocycles. The number of anilines is 1. The van der Waals surface area contributed by atoms with Gasteiger partial charge in [0, 0.05) is 16.6 Å². The van der Waals surface area contributed by atoms with E-state index in [-0.39, 0.29) is 0 Å². The molecular weight excluding hydrogens is 308 g/mol. The van der Waals surface area contributed by atoms with E-state index in [0.29, 0.717) is 24.4 Å². The number of nitrogens with one attached hydrogen (secondary N) is 1. The third-order valence-electron chi connectivity index (χ3n) is 2.31. The molecule has 0 fully saturated rings. The molecule has 1 heterocycles. The van der Waals surface area contributed by atoms with Crippen LogP contribution in [0.25, 0.3) is 11.4 Å². The smallest absolute Gasteiger partial charge is 0.321 e. The number of halogens is 1. The minimum absolute atomic E-state index is 0.337. The van der Waals surface area contributed by atoms with Gasteiger partial charge in [0.1, 0.15) is 0 Å². The second kappa shape index (κ2) is 6.47. The van der Waals surface area contributed by atoms with Crippen LogP contribution >= 0.6 is 15.9 Å². The highest BCUT2D eigenvalue weighted by Crippen LogP contribution is 2.22. The Labute approximate surface area is 120 Å². The van der Waals surface area contributed by atoms with Crippen LogP contribution in [-0.2, 0) is 0 Å². The van der Waals surface area contributed by atoms with Gasteiger partial charge in [-0.05, 0) is 26.0 Å². The number of hydrogen-bond donors (Lipinski definition) is 1. The first-order chi connectivity index (χ1) is 9.22. The first-order valence-corrected chi connectivity index (χ1v) is 6.91. The molecular formula is C13H15BrN4O. The van der Waals surface area contributed by atoms with Crippen molar-refractivity contribution < 1.29 is 4.74 Å². The third-order valence-corrected chi connectivity index (χ3v) is 2.80. The number of ether oxygens (including phenoxy) is 1. The van der Waals surface area contributed by atoms with Crippen LogP contribution < -0.4 is 10.1 Å². The molecule has 0 radical (unpaired) electrons. The van der Waals surface area contributed by atoms with Crippen LogP contribution in [0.3, 0.4) is 0 Å². The van der Waals surface area contributed by atoms with Gasteiger partial charge in [-0.25, -0.2) is 0 Å². The van der Waals surface area contributed by atoms with Crippen molar-refractivity contribution in [3.63, 3.8) is 0 Å². The summed E-state index contributed by atoms with van der Waals surface area (Å²) in [6.45, 7) is 5.15. The van der Waals surface area contributed by atoms with Crippen molar-refractivity contribution in [1.82, 2.24) is 15.0 Å². The van der Waals surface area contributed by atoms with Gasteiger partial charge in [-0.2, -0.15) is 15.0 Å². The van der Waals surface area contributed by atoms with E-state index < -0.39 is 0 Å². The quantitative estimate of drug-likeness (QED) is 0.916. The minimum Gasteiger partial charge on any atom is -0.464 e. The molecule has 1 aromatic heterocycles. The van der Waals surface area contributed by atoms with E-state index in [2.05, 4.69) is 36.2 Å². The zero-order valence-electron chi connectivity index (χ0n) is 10.9. The van der Waals surface area contributed by atoms with Crippen molar-refractivity contribution in [3.05, 3.63) is 28.7 Å². The molecule has 0 saturated heterocycles. The minimum atomic E-state index is 0.337. The molecule has 5 nitrogen and oxygen atoms in total. The van der Waals surface area contributed by atoms with Crippen molar-refractivity contribution in [2.75, 3.05) is 18.5 Å². The van der Waals surface area contributed by atoms with Crippen LogP contribution in [-0.4, -0.2) is 28.1 Å². The molecule has 100 valence electrons. The maximum atomic E-state index is 5.37. The van der Waals surface area contributed by atoms with Crippen molar-refractivity contribution in [1.29, 1.82) is 0 Å². The van der Waals surface area contributed by atoms with Crippen LogP contribution in [0, 0.1) is 0 Å². The van der Waals surface area contributed by atoms with E-state index in [4.69, 9.17) is 4.74 Å². The van der Waals surface area contributed by atoms with Crippen molar-refractivity contribution in [3.8, 4) is 17.4 Å². The Bertz CT molecular complexity index is 538. The van der Waals surface area contributed by atoms with Crippen molar-refractivity contribution in [2.24, 2.45) is 0 Å². The molecule has 0 unspecified atom stereocenters. The Kier molecular flexibility index (Phi) is 4.68. The van der Waals surface area contributed by atoms with E-state index >= 15 is 0 Å². The summed E-state index contributed by atoms with van der Waals surface area (Å²) in [5.41, 5.74) is 0.914. The normalized spacial score (nSPS) is 10.3. The van der Waals surface area contributed by atoms with Gasteiger partial charge in [-0.15, -0.1) is 0 Å². The summed E-state index contributed by atoms with van der Waals surface area (Å²) in [4.78, 5) is 12.9. The number of hydrogen-bond acceptors (Lipinski definition) is 5. The van der Waals surface area contributed by atoms with E-state index in [9.17, 15) is 0 Å². The molecule has 1 aromatic carbocycles. The number of nitrogens with zero attached hydrogens (tertiary/aromatic N) is 3. The van der Waals surface area contributed by atoms with Crippen LogP contribution in [0.1, 0.15) is 13.8 Å². The van der Waals surface area contributed by atoms with Gasteiger partial charge < -0.3 is 10.1 Å². The summed E-state index contributed by atoms with van der Waals surface area (Å²) in [7, 11) is 0. The second-order valence-corrected chi connectivity index (χ2v) is 4.65. The molecule has 0 atom stereocenters. The average molecular weight is 323 g/mol. The highest BCUT2D eigenvalue weighted by molar-refractivity contribution is 9.10. The Balaban J connectivity index is 2.43. The fourth-order valence-corrected chi connectivity index (χ4v) is 1.94. The van der Waals surface area contributed by atoms with Gasteiger partial charge in [-0.1, -0.05) is 28.1 Å². The zero-order valence-corrected chi connectivity index (χ0v) is 12.4. The predicted octanol–water partition coefficient (Wildman–Crippen LogP) is 3.13. The zero-order chi connectivity index (χ0) is 13.7. The molecule has 19 heavy (non-hydrogen) atoms. The summed E-state index contributed by atoms with van der Waals surface area (Å²) >= 11 is 3.44. The fourth-order valence-electron chi connectivity index (χ4n) is 1.54. The lowest BCUT2D eigenvalue weighted by atomic mass is 10.2. The predicted molar refractivity (Wildman–Crippen MR) is 78.3 cm³/mol. The van der Waals surface area contributed by atoms with Gasteiger partial charge in [0.15, 0.2) is 5.82 Å². The summed E-state index contributed by atoms with van der Waals surface area (Å²) < 4.78 is 6.35. The van der Waals surface area contributed by atoms with Crippen LogP contribution in [0.5, 0.6) is 6.01 Å². The van der Waals surface area contributed by atoms with Gasteiger partial charge in [0.2, 0.25) is 5.95 Å². The topological polar surface area (TPSA) is 59.9 Å². The Morgan fingerprint density at radius 3 is 2.74 bits per heavy atom. The molecule has 0 aliphatic rings. The van der Waals surface area contributed by atoms with Crippen LogP contribution in [0.15, 0.2) is 28.7 Å². The van der Waals surface area contributed by atoms with Crippen molar-refractivity contribution >= 4 is 21.9 Å². The lowest BCUT2D eigenvalue weighted by molar-refractivity contribution is 0.312. The number of benzene rings is 1. The van der Waals surface area contributed by atoms with Crippen molar-refractivity contribution in [2.45, 2.75) is 13.8 Å². The summed E-state index contributed by atoms with van der Waals surface area (Å²) in [6, 6.07) is 8.14. The first kappa shape index (κ1) is 13.7. The highest BCUT2D eigenvalue weighted by atomic mass is 79.9. The Hall–Kier alpha value is -1.69. The lowest BCUT2D eigenvalue weighted by Crippen LogP contribution is -2.07. The Morgan fingerprint density at radius 2 is 2.05 bits per heavy atom. The van der Waals surface area contributed by atoms with Crippen LogP contribution in [0.2, 0.25) is 0 Å². The van der Waals surface area contributed by atoms with Crippen LogP contribution in [0.4, 0.5) is 5.95 Å². The van der Waals surface area contributed by atoms with E-state index in [1.807, 2.05) is 38.1 Å². The summed E-state index contributed by atoms with van der Waals surface area (Å²) in [5, 5.41) is 3.08. The SMILES string of the molecule is CCNc1nc(OCC)nc(-c2cccc(Br)c2)n1. The molecule has 2 aromatic rings. The largest absolute Gasteiger partial charge is 0.464 e. The second-order valence-electron chi connectivity index (χ2n) is 3.74. The summed E-state index contributed by atoms with van der Waals surface area (Å²) in [5.74, 6) is 1.12. The molecule has 0 aliphatic carbocycles. The summed E-state index contributed by atoms with van der Waals surface area (Å²) in [6.07, 6.45) is 0. The van der Waals surface area contributed by atoms with Gasteiger partial charge in [0.25, 0.3) is 0 Å². The molecule has 2 rings (SSSR count). The molecule has 0 amide bonds. The molecule has 0 bridgehead atoms. The lowest BCUT2D eigenvalue weighted by Gasteiger charge is -2.08. The van der Waals surface area contributed by atoms with Gasteiger partial charge >= 0.3 is 6.01 Å². The van der Waals surface area contributed by atoms with Gasteiger partial charge in [-0.3, -0.25) is 0 Å². The molecule has 0 spiro atoms. The molecule has 1 N–H and O–H groups in total. The molecule has 6 heteroatoms. The fraction of sp³-hybridized carbons (Fsp3) is 0.308. The maximum Gasteiger partial charge on any atom is 0.321 e. The monoisotopic (exact) mass is 322 g/mol. The standard InChI is InChI=1S/C13H15BrN4O/c1-3-15-12-16-11(17-13(18-12)19-4-2)9-6-5-7-10(14)8-9/h5-8H,3-4H2,1-2H3,(H,15,16,17,18). The maximum absolute atomic E-state index is 5.37. The Morgan fingerprint density at radius 1 is 1.21 bits per heavy atom. The van der Waals surface area contributed by atoms with Gasteiger partial charge in [0.05, 0.1) is 6.61 Å². The average Bonchev–Trinajstić information content (AvgIpc) is 2.39. The highest BCUT2D eigenvalue weighted by Gasteiger charge is 2.09. The third kappa shape index (κ3) is 3.64.